The first kappa shape index (κ1) is 38.8. The van der Waals surface area contributed by atoms with E-state index in [1.165, 1.54) is 70.8 Å². The van der Waals surface area contributed by atoms with Crippen molar-refractivity contribution in [2.75, 3.05) is 6.61 Å². The van der Waals surface area contributed by atoms with Crippen molar-refractivity contribution in [2.24, 2.45) is 5.41 Å². The number of carboxylic acid groups (broad SMARTS) is 2. The van der Waals surface area contributed by atoms with Crippen molar-refractivity contribution in [1.29, 1.82) is 0 Å². The minimum absolute atomic E-state index is 0.0612. The van der Waals surface area contributed by atoms with Gasteiger partial charge in [-0.25, -0.2) is 14.4 Å². The van der Waals surface area contributed by atoms with E-state index in [1.807, 2.05) is 60.7 Å². The number of rotatable bonds is 20. The zero-order valence-electron chi connectivity index (χ0n) is 27.4. The van der Waals surface area contributed by atoms with Gasteiger partial charge in [0.1, 0.15) is 0 Å². The van der Waals surface area contributed by atoms with E-state index in [1.54, 1.807) is 19.1 Å². The van der Waals surface area contributed by atoms with E-state index in [4.69, 9.17) is 4.74 Å². The number of hydrogen-bond acceptors (Lipinski definition) is 4. The fourth-order valence-electron chi connectivity index (χ4n) is 4.72. The third-order valence-corrected chi connectivity index (χ3v) is 7.42. The number of carbonyl (C=O) groups is 3. The SMILES string of the molecule is C=C(C(=O)O)C(C=Cc1ccccc1)(C=C(C)C(=O)O)Cc1ccccc1.C=C(C)C(=O)OCCCCCCCCCCCC. The van der Waals surface area contributed by atoms with Gasteiger partial charge in [0.25, 0.3) is 0 Å². The maximum absolute atomic E-state index is 11.8. The van der Waals surface area contributed by atoms with Crippen LogP contribution in [0.3, 0.4) is 0 Å². The lowest BCUT2D eigenvalue weighted by Crippen LogP contribution is -2.27. The van der Waals surface area contributed by atoms with Gasteiger partial charge in [0, 0.05) is 22.1 Å². The van der Waals surface area contributed by atoms with Crippen LogP contribution in [0.1, 0.15) is 96.1 Å². The van der Waals surface area contributed by atoms with Gasteiger partial charge in [-0.3, -0.25) is 0 Å². The molecule has 2 aromatic carbocycles. The summed E-state index contributed by atoms with van der Waals surface area (Å²) in [6.07, 6.45) is 18.2. The summed E-state index contributed by atoms with van der Waals surface area (Å²) < 4.78 is 5.04. The third kappa shape index (κ3) is 16.5. The highest BCUT2D eigenvalue weighted by molar-refractivity contribution is 5.91. The van der Waals surface area contributed by atoms with Gasteiger partial charge in [0.15, 0.2) is 0 Å². The second-order valence-electron chi connectivity index (χ2n) is 11.5. The highest BCUT2D eigenvalue weighted by Gasteiger charge is 2.33. The second kappa shape index (κ2) is 22.3. The molecule has 1 unspecified atom stereocenters. The number of carbonyl (C=O) groups excluding carboxylic acids is 1. The van der Waals surface area contributed by atoms with Gasteiger partial charge < -0.3 is 14.9 Å². The Kier molecular flexibility index (Phi) is 19.3. The summed E-state index contributed by atoms with van der Waals surface area (Å²) in [6.45, 7) is 13.2. The van der Waals surface area contributed by atoms with Crippen LogP contribution in [0.5, 0.6) is 0 Å². The first-order valence-electron chi connectivity index (χ1n) is 16.0. The summed E-state index contributed by atoms with van der Waals surface area (Å²) in [5, 5.41) is 19.0. The van der Waals surface area contributed by atoms with E-state index in [9.17, 15) is 24.6 Å². The molecule has 0 radical (unpaired) electrons. The summed E-state index contributed by atoms with van der Waals surface area (Å²) in [6, 6.07) is 18.8. The summed E-state index contributed by atoms with van der Waals surface area (Å²) >= 11 is 0. The second-order valence-corrected chi connectivity index (χ2v) is 11.5. The van der Waals surface area contributed by atoms with Gasteiger partial charge in [-0.15, -0.1) is 0 Å². The molecule has 0 spiro atoms. The lowest BCUT2D eigenvalue weighted by molar-refractivity contribution is -0.139. The number of unbranched alkanes of at least 4 members (excludes halogenated alkanes) is 9. The molecule has 2 N–H and O–H groups in total. The largest absolute Gasteiger partial charge is 0.478 e. The Bertz CT molecular complexity index is 1260. The lowest BCUT2D eigenvalue weighted by atomic mass is 9.73. The molecule has 0 bridgehead atoms. The van der Waals surface area contributed by atoms with Gasteiger partial charge >= 0.3 is 17.9 Å². The van der Waals surface area contributed by atoms with Crippen molar-refractivity contribution in [3.8, 4) is 0 Å². The van der Waals surface area contributed by atoms with E-state index < -0.39 is 17.4 Å². The van der Waals surface area contributed by atoms with Crippen LogP contribution >= 0.6 is 0 Å². The molecule has 0 aliphatic carbocycles. The zero-order valence-corrected chi connectivity index (χ0v) is 27.4. The van der Waals surface area contributed by atoms with Crippen LogP contribution in [0.25, 0.3) is 6.08 Å². The maximum atomic E-state index is 11.8. The van der Waals surface area contributed by atoms with Crippen LogP contribution in [0.15, 0.2) is 103 Å². The van der Waals surface area contributed by atoms with Gasteiger partial charge in [0.05, 0.1) is 6.61 Å². The van der Waals surface area contributed by atoms with Crippen LogP contribution in [-0.4, -0.2) is 34.7 Å². The van der Waals surface area contributed by atoms with Crippen molar-refractivity contribution >= 4 is 24.0 Å². The molecule has 0 heterocycles. The van der Waals surface area contributed by atoms with Gasteiger partial charge in [0.2, 0.25) is 0 Å². The Morgan fingerprint density at radius 3 is 1.76 bits per heavy atom. The molecule has 0 saturated heterocycles. The predicted molar refractivity (Wildman–Crippen MR) is 184 cm³/mol. The monoisotopic (exact) mass is 616 g/mol. The molecule has 2 rings (SSSR count). The fraction of sp³-hybridized carbons (Fsp3) is 0.410. The molecule has 0 amide bonds. The number of carboxylic acids is 2. The average molecular weight is 617 g/mol. The molecule has 244 valence electrons. The Hall–Kier alpha value is -4.19. The highest BCUT2D eigenvalue weighted by atomic mass is 16.5. The van der Waals surface area contributed by atoms with Gasteiger partial charge in [-0.05, 0) is 37.8 Å². The molecule has 2 aromatic rings. The summed E-state index contributed by atoms with van der Waals surface area (Å²) in [4.78, 5) is 34.3. The summed E-state index contributed by atoms with van der Waals surface area (Å²) in [5.74, 6) is -2.53. The number of esters is 1. The first-order chi connectivity index (χ1) is 21.5. The van der Waals surface area contributed by atoms with Crippen molar-refractivity contribution in [3.05, 3.63) is 114 Å². The van der Waals surface area contributed by atoms with Gasteiger partial charge in [-0.2, -0.15) is 0 Å². The molecule has 0 fully saturated rings. The summed E-state index contributed by atoms with van der Waals surface area (Å²) in [7, 11) is 0. The Labute approximate surface area is 270 Å². The molecule has 45 heavy (non-hydrogen) atoms. The number of benzene rings is 2. The topological polar surface area (TPSA) is 101 Å². The predicted octanol–water partition coefficient (Wildman–Crippen LogP) is 9.63. The molecular formula is C39H52O6. The molecule has 0 aliphatic rings. The van der Waals surface area contributed by atoms with Crippen molar-refractivity contribution in [1.82, 2.24) is 0 Å². The first-order valence-corrected chi connectivity index (χ1v) is 16.0. The van der Waals surface area contributed by atoms with Crippen LogP contribution in [0.2, 0.25) is 0 Å². The molecule has 1 atom stereocenters. The number of allylic oxidation sites excluding steroid dienone is 2. The maximum Gasteiger partial charge on any atom is 0.333 e. The molecule has 0 aliphatic heterocycles. The van der Waals surface area contributed by atoms with E-state index in [0.29, 0.717) is 12.2 Å². The Morgan fingerprint density at radius 2 is 1.27 bits per heavy atom. The van der Waals surface area contributed by atoms with Crippen molar-refractivity contribution < 1.29 is 29.3 Å². The minimum atomic E-state index is -1.18. The van der Waals surface area contributed by atoms with Crippen LogP contribution in [-0.2, 0) is 25.5 Å². The minimum Gasteiger partial charge on any atom is -0.478 e. The molecule has 0 aromatic heterocycles. The average Bonchev–Trinajstić information content (AvgIpc) is 3.03. The lowest BCUT2D eigenvalue weighted by Gasteiger charge is -2.29. The standard InChI is InChI=1S/C23H22O4.C16H30O2/c1-17(21(24)25)15-23(18(2)22(26)27,16-20-11-7-4-8-12-20)14-13-19-9-5-3-6-10-19;1-4-5-6-7-8-9-10-11-12-13-14-18-16(17)15(2)3/h3-15H,2,16H2,1H3,(H,24,25)(H,26,27);2,4-14H2,1,3H3. The number of hydrogen-bond donors (Lipinski definition) is 2. The van der Waals surface area contributed by atoms with Crippen LogP contribution in [0, 0.1) is 5.41 Å². The Morgan fingerprint density at radius 1 is 0.756 bits per heavy atom. The van der Waals surface area contributed by atoms with Crippen LogP contribution in [0.4, 0.5) is 0 Å². The van der Waals surface area contributed by atoms with Crippen LogP contribution < -0.4 is 0 Å². The van der Waals surface area contributed by atoms with E-state index in [0.717, 1.165) is 17.5 Å². The third-order valence-electron chi connectivity index (χ3n) is 7.42. The molecule has 0 saturated carbocycles. The Balaban J connectivity index is 0.000000492. The molecule has 6 heteroatoms. The zero-order chi connectivity index (χ0) is 33.5. The molecule has 6 nitrogen and oxygen atoms in total. The smallest absolute Gasteiger partial charge is 0.333 e. The van der Waals surface area contributed by atoms with E-state index >= 15 is 0 Å². The quantitative estimate of drug-likeness (QED) is 0.0873. The molecular weight excluding hydrogens is 564 g/mol. The normalized spacial score (nSPS) is 12.5. The fourth-order valence-corrected chi connectivity index (χ4v) is 4.72. The van der Waals surface area contributed by atoms with Gasteiger partial charge in [-0.1, -0.05) is 157 Å². The highest BCUT2D eigenvalue weighted by Crippen LogP contribution is 2.36. The van der Waals surface area contributed by atoms with Crippen molar-refractivity contribution in [3.63, 3.8) is 0 Å². The summed E-state index contributed by atoms with van der Waals surface area (Å²) in [5.41, 5.74) is 1.06. The van der Waals surface area contributed by atoms with E-state index in [2.05, 4.69) is 20.1 Å². The number of ether oxygens (including phenoxy) is 1. The van der Waals surface area contributed by atoms with E-state index in [-0.39, 0.29) is 23.5 Å². The van der Waals surface area contributed by atoms with Crippen molar-refractivity contribution in [2.45, 2.75) is 91.4 Å². The number of aliphatic carboxylic acids is 2.